The fourth-order valence-corrected chi connectivity index (χ4v) is 1.08. The summed E-state index contributed by atoms with van der Waals surface area (Å²) < 4.78 is 24.6. The zero-order chi connectivity index (χ0) is 10.4. The van der Waals surface area contributed by atoms with Crippen molar-refractivity contribution in [3.8, 4) is 0 Å². The van der Waals surface area contributed by atoms with Crippen molar-refractivity contribution in [3.63, 3.8) is 0 Å². The van der Waals surface area contributed by atoms with Gasteiger partial charge in [0.05, 0.1) is 6.61 Å². The van der Waals surface area contributed by atoms with E-state index in [9.17, 15) is 8.78 Å². The molecule has 0 saturated carbocycles. The molecule has 1 aromatic rings. The highest BCUT2D eigenvalue weighted by Gasteiger charge is 2.06. The first-order valence-corrected chi connectivity index (χ1v) is 4.45. The molecule has 0 aromatic heterocycles. The molecule has 1 N–H and O–H groups in total. The van der Waals surface area contributed by atoms with E-state index in [-0.39, 0.29) is 5.56 Å². The zero-order valence-corrected chi connectivity index (χ0v) is 7.97. The van der Waals surface area contributed by atoms with Crippen LogP contribution in [0, 0.1) is 0 Å². The standard InChI is InChI=1S/C10H13F2NO/c1-2-14-13-7-8-4-3-5-9(6-8)10(11)12/h3-6,10,13H,2,7H2,1H3. The lowest BCUT2D eigenvalue weighted by Crippen LogP contribution is -2.13. The molecule has 0 bridgehead atoms. The second kappa shape index (κ2) is 5.67. The maximum absolute atomic E-state index is 12.3. The molecule has 2 nitrogen and oxygen atoms in total. The summed E-state index contributed by atoms with van der Waals surface area (Å²) in [4.78, 5) is 4.90. The van der Waals surface area contributed by atoms with Crippen LogP contribution < -0.4 is 5.48 Å². The summed E-state index contributed by atoms with van der Waals surface area (Å²) in [5, 5.41) is 0. The normalized spacial score (nSPS) is 10.9. The molecule has 0 aliphatic heterocycles. The van der Waals surface area contributed by atoms with Gasteiger partial charge < -0.3 is 4.84 Å². The van der Waals surface area contributed by atoms with E-state index in [1.807, 2.05) is 6.92 Å². The van der Waals surface area contributed by atoms with Crippen LogP contribution in [-0.2, 0) is 11.4 Å². The Bertz CT molecular complexity index is 279. The van der Waals surface area contributed by atoms with E-state index in [0.717, 1.165) is 5.56 Å². The first-order chi connectivity index (χ1) is 6.74. The van der Waals surface area contributed by atoms with Crippen LogP contribution in [0.1, 0.15) is 24.5 Å². The van der Waals surface area contributed by atoms with E-state index in [0.29, 0.717) is 13.2 Å². The molecule has 0 unspecified atom stereocenters. The Kier molecular flexibility index (Phi) is 4.49. The van der Waals surface area contributed by atoms with Crippen molar-refractivity contribution in [2.24, 2.45) is 0 Å². The summed E-state index contributed by atoms with van der Waals surface area (Å²) in [6.45, 7) is 2.84. The fraction of sp³-hybridized carbons (Fsp3) is 0.400. The maximum atomic E-state index is 12.3. The number of nitrogens with one attached hydrogen (secondary N) is 1. The third-order valence-corrected chi connectivity index (χ3v) is 1.73. The first kappa shape index (κ1) is 11.1. The Morgan fingerprint density at radius 2 is 2.21 bits per heavy atom. The van der Waals surface area contributed by atoms with Crippen LogP contribution in [0.2, 0.25) is 0 Å². The number of alkyl halides is 2. The third kappa shape index (κ3) is 3.40. The third-order valence-electron chi connectivity index (χ3n) is 1.73. The summed E-state index contributed by atoms with van der Waals surface area (Å²) in [5.41, 5.74) is 3.50. The van der Waals surface area contributed by atoms with Gasteiger partial charge in [0.25, 0.3) is 6.43 Å². The Morgan fingerprint density at radius 3 is 2.86 bits per heavy atom. The van der Waals surface area contributed by atoms with Crippen molar-refractivity contribution in [2.45, 2.75) is 19.9 Å². The summed E-state index contributed by atoms with van der Waals surface area (Å²) in [6, 6.07) is 6.27. The van der Waals surface area contributed by atoms with E-state index in [4.69, 9.17) is 4.84 Å². The van der Waals surface area contributed by atoms with Crippen molar-refractivity contribution < 1.29 is 13.6 Å². The molecule has 78 valence electrons. The van der Waals surface area contributed by atoms with E-state index in [1.165, 1.54) is 12.1 Å². The Hall–Kier alpha value is -1.00. The number of benzene rings is 1. The van der Waals surface area contributed by atoms with E-state index in [2.05, 4.69) is 5.48 Å². The minimum absolute atomic E-state index is 0.0424. The molecule has 0 amide bonds. The van der Waals surface area contributed by atoms with Gasteiger partial charge in [-0.05, 0) is 18.6 Å². The number of rotatable bonds is 5. The van der Waals surface area contributed by atoms with Crippen molar-refractivity contribution >= 4 is 0 Å². The molecule has 0 heterocycles. The Morgan fingerprint density at radius 1 is 1.43 bits per heavy atom. The second-order valence-electron chi connectivity index (χ2n) is 2.80. The minimum Gasteiger partial charge on any atom is -0.302 e. The molecule has 0 aliphatic carbocycles. The van der Waals surface area contributed by atoms with Gasteiger partial charge in [-0.15, -0.1) is 0 Å². The van der Waals surface area contributed by atoms with Gasteiger partial charge >= 0.3 is 0 Å². The van der Waals surface area contributed by atoms with Gasteiger partial charge in [-0.3, -0.25) is 0 Å². The molecule has 4 heteroatoms. The highest BCUT2D eigenvalue weighted by molar-refractivity contribution is 5.23. The van der Waals surface area contributed by atoms with Crippen LogP contribution >= 0.6 is 0 Å². The topological polar surface area (TPSA) is 21.3 Å². The summed E-state index contributed by atoms with van der Waals surface area (Å²) in [7, 11) is 0. The predicted octanol–water partition coefficient (Wildman–Crippen LogP) is 2.67. The van der Waals surface area contributed by atoms with Gasteiger partial charge in [0.1, 0.15) is 0 Å². The average molecular weight is 201 g/mol. The number of hydroxylamine groups is 1. The average Bonchev–Trinajstić information content (AvgIpc) is 2.19. The van der Waals surface area contributed by atoms with Gasteiger partial charge in [-0.25, -0.2) is 8.78 Å². The van der Waals surface area contributed by atoms with Crippen LogP contribution in [0.25, 0.3) is 0 Å². The van der Waals surface area contributed by atoms with Crippen LogP contribution in [-0.4, -0.2) is 6.61 Å². The molecular weight excluding hydrogens is 188 g/mol. The van der Waals surface area contributed by atoms with Crippen molar-refractivity contribution in [3.05, 3.63) is 35.4 Å². The van der Waals surface area contributed by atoms with Gasteiger partial charge in [0, 0.05) is 12.1 Å². The van der Waals surface area contributed by atoms with Crippen LogP contribution in [0.15, 0.2) is 24.3 Å². The van der Waals surface area contributed by atoms with Gasteiger partial charge in [-0.1, -0.05) is 18.2 Å². The Labute approximate surface area is 81.8 Å². The SMILES string of the molecule is CCONCc1cccc(C(F)F)c1. The molecule has 1 rings (SSSR count). The van der Waals surface area contributed by atoms with Crippen LogP contribution in [0.5, 0.6) is 0 Å². The lowest BCUT2D eigenvalue weighted by Gasteiger charge is -2.05. The van der Waals surface area contributed by atoms with Crippen LogP contribution in [0.4, 0.5) is 8.78 Å². The zero-order valence-electron chi connectivity index (χ0n) is 7.97. The number of hydrogen-bond donors (Lipinski definition) is 1. The molecule has 1 aromatic carbocycles. The maximum Gasteiger partial charge on any atom is 0.263 e. The summed E-state index contributed by atoms with van der Waals surface area (Å²) in [6.07, 6.45) is -2.41. The lowest BCUT2D eigenvalue weighted by atomic mass is 10.1. The molecule has 0 fully saturated rings. The fourth-order valence-electron chi connectivity index (χ4n) is 1.08. The molecule has 0 aliphatic rings. The molecular formula is C10H13F2NO. The molecule has 0 saturated heterocycles. The monoisotopic (exact) mass is 201 g/mol. The van der Waals surface area contributed by atoms with E-state index < -0.39 is 6.43 Å². The summed E-state index contributed by atoms with van der Waals surface area (Å²) >= 11 is 0. The van der Waals surface area contributed by atoms with Gasteiger partial charge in [0.15, 0.2) is 0 Å². The smallest absolute Gasteiger partial charge is 0.263 e. The largest absolute Gasteiger partial charge is 0.302 e. The van der Waals surface area contributed by atoms with Crippen molar-refractivity contribution in [2.75, 3.05) is 6.61 Å². The second-order valence-corrected chi connectivity index (χ2v) is 2.80. The first-order valence-electron chi connectivity index (χ1n) is 4.45. The molecule has 0 atom stereocenters. The molecule has 14 heavy (non-hydrogen) atoms. The highest BCUT2D eigenvalue weighted by atomic mass is 19.3. The summed E-state index contributed by atoms with van der Waals surface area (Å²) in [5.74, 6) is 0. The molecule has 0 radical (unpaired) electrons. The highest BCUT2D eigenvalue weighted by Crippen LogP contribution is 2.19. The quantitative estimate of drug-likeness (QED) is 0.584. The van der Waals surface area contributed by atoms with Crippen molar-refractivity contribution in [1.82, 2.24) is 5.48 Å². The van der Waals surface area contributed by atoms with E-state index in [1.54, 1.807) is 12.1 Å². The van der Waals surface area contributed by atoms with Crippen LogP contribution in [0.3, 0.4) is 0 Å². The van der Waals surface area contributed by atoms with Gasteiger partial charge in [-0.2, -0.15) is 5.48 Å². The number of hydrogen-bond acceptors (Lipinski definition) is 2. The predicted molar refractivity (Wildman–Crippen MR) is 49.9 cm³/mol. The number of halogens is 2. The van der Waals surface area contributed by atoms with E-state index >= 15 is 0 Å². The Balaban J connectivity index is 2.55. The minimum atomic E-state index is -2.41. The molecule has 0 spiro atoms. The van der Waals surface area contributed by atoms with Gasteiger partial charge in [0.2, 0.25) is 0 Å². The van der Waals surface area contributed by atoms with Crippen molar-refractivity contribution in [1.29, 1.82) is 0 Å². The lowest BCUT2D eigenvalue weighted by molar-refractivity contribution is 0.0462.